The largest absolute Gasteiger partial charge is 0.464 e. The summed E-state index contributed by atoms with van der Waals surface area (Å²) >= 11 is 0. The summed E-state index contributed by atoms with van der Waals surface area (Å²) < 4.78 is 5.73. The number of aryl methyl sites for hydroxylation is 1. The second kappa shape index (κ2) is 6.97. The van der Waals surface area contributed by atoms with E-state index < -0.39 is 0 Å². The predicted octanol–water partition coefficient (Wildman–Crippen LogP) is 4.83. The zero-order valence-electron chi connectivity index (χ0n) is 17.8. The minimum Gasteiger partial charge on any atom is -0.464 e. The number of rotatable bonds is 4. The van der Waals surface area contributed by atoms with Gasteiger partial charge in [-0.3, -0.25) is 4.79 Å². The molecule has 0 radical (unpaired) electrons. The second-order valence-electron chi connectivity index (χ2n) is 9.86. The van der Waals surface area contributed by atoms with Crippen molar-refractivity contribution in [2.45, 2.75) is 90.8 Å². The predicted molar refractivity (Wildman–Crippen MR) is 111 cm³/mol. The van der Waals surface area contributed by atoms with Gasteiger partial charge >= 0.3 is 0 Å². The normalized spacial score (nSPS) is 19.6. The Bertz CT molecular complexity index is 829. The minimum atomic E-state index is 0.0196. The Morgan fingerprint density at radius 1 is 1.22 bits per heavy atom. The smallest absolute Gasteiger partial charge is 0.224 e. The standard InChI is InChI=1S/C23H34N2O2/c1-14(2)18-10-19-16(13-27-20(19)8-15(18)3)9-21(26)24-17-11-22(4,5)25-23(6,7)12-17/h8,10,13-14,17,25H,9,11-12H2,1-7H3,(H,24,26). The third-order valence-corrected chi connectivity index (χ3v) is 5.57. The summed E-state index contributed by atoms with van der Waals surface area (Å²) in [7, 11) is 0. The van der Waals surface area contributed by atoms with Gasteiger partial charge in [-0.05, 0) is 76.6 Å². The highest BCUT2D eigenvalue weighted by atomic mass is 16.3. The fourth-order valence-corrected chi connectivity index (χ4v) is 4.88. The number of hydrogen-bond acceptors (Lipinski definition) is 3. The molecule has 1 aromatic heterocycles. The summed E-state index contributed by atoms with van der Waals surface area (Å²) in [5.74, 6) is 0.521. The first-order chi connectivity index (χ1) is 12.5. The lowest BCUT2D eigenvalue weighted by Gasteiger charge is -2.46. The highest BCUT2D eigenvalue weighted by Gasteiger charge is 2.38. The summed E-state index contributed by atoms with van der Waals surface area (Å²) in [6.45, 7) is 15.3. The van der Waals surface area contributed by atoms with Crippen LogP contribution in [0.1, 0.15) is 77.0 Å². The average molecular weight is 371 g/mol. The van der Waals surface area contributed by atoms with Crippen LogP contribution in [0.4, 0.5) is 0 Å². The van der Waals surface area contributed by atoms with Crippen LogP contribution in [0, 0.1) is 6.92 Å². The Hall–Kier alpha value is -1.81. The van der Waals surface area contributed by atoms with E-state index in [1.54, 1.807) is 6.26 Å². The number of furan rings is 1. The molecule has 2 N–H and O–H groups in total. The van der Waals surface area contributed by atoms with E-state index in [0.29, 0.717) is 12.3 Å². The molecule has 148 valence electrons. The molecule has 0 aliphatic carbocycles. The van der Waals surface area contributed by atoms with Crippen LogP contribution in [0.5, 0.6) is 0 Å². The van der Waals surface area contributed by atoms with Crippen LogP contribution >= 0.6 is 0 Å². The Labute approximate surface area is 163 Å². The van der Waals surface area contributed by atoms with Gasteiger partial charge in [-0.15, -0.1) is 0 Å². The van der Waals surface area contributed by atoms with Crippen LogP contribution in [0.3, 0.4) is 0 Å². The number of amides is 1. The molecule has 4 heteroatoms. The first-order valence-electron chi connectivity index (χ1n) is 10.1. The lowest BCUT2D eigenvalue weighted by atomic mass is 9.79. The highest BCUT2D eigenvalue weighted by molar-refractivity contribution is 5.88. The van der Waals surface area contributed by atoms with Gasteiger partial charge in [0.1, 0.15) is 5.58 Å². The summed E-state index contributed by atoms with van der Waals surface area (Å²) in [4.78, 5) is 12.8. The van der Waals surface area contributed by atoms with Crippen molar-refractivity contribution in [2.24, 2.45) is 0 Å². The minimum absolute atomic E-state index is 0.0196. The van der Waals surface area contributed by atoms with Crippen molar-refractivity contribution in [3.63, 3.8) is 0 Å². The van der Waals surface area contributed by atoms with Crippen molar-refractivity contribution < 1.29 is 9.21 Å². The summed E-state index contributed by atoms with van der Waals surface area (Å²) in [6.07, 6.45) is 3.97. The molecule has 1 fully saturated rings. The lowest BCUT2D eigenvalue weighted by Crippen LogP contribution is -2.62. The SMILES string of the molecule is Cc1cc2occ(CC(=O)NC3CC(C)(C)NC(C)(C)C3)c2cc1C(C)C. The zero-order valence-corrected chi connectivity index (χ0v) is 17.8. The van der Waals surface area contributed by atoms with Crippen molar-refractivity contribution in [3.8, 4) is 0 Å². The van der Waals surface area contributed by atoms with E-state index in [4.69, 9.17) is 4.42 Å². The highest BCUT2D eigenvalue weighted by Crippen LogP contribution is 2.30. The van der Waals surface area contributed by atoms with Crippen LogP contribution in [0.2, 0.25) is 0 Å². The van der Waals surface area contributed by atoms with Gasteiger partial charge in [0.05, 0.1) is 12.7 Å². The number of nitrogens with one attached hydrogen (secondary N) is 2. The van der Waals surface area contributed by atoms with Gasteiger partial charge in [-0.25, -0.2) is 0 Å². The monoisotopic (exact) mass is 370 g/mol. The molecular formula is C23H34N2O2. The van der Waals surface area contributed by atoms with Gasteiger partial charge in [0.2, 0.25) is 5.91 Å². The molecule has 1 amide bonds. The quantitative estimate of drug-likeness (QED) is 0.810. The maximum absolute atomic E-state index is 12.8. The molecule has 0 saturated carbocycles. The molecule has 0 atom stereocenters. The molecule has 27 heavy (non-hydrogen) atoms. The van der Waals surface area contributed by atoms with E-state index in [9.17, 15) is 4.79 Å². The van der Waals surface area contributed by atoms with E-state index in [1.165, 1.54) is 11.1 Å². The summed E-state index contributed by atoms with van der Waals surface area (Å²) in [5, 5.41) is 7.98. The van der Waals surface area contributed by atoms with E-state index in [-0.39, 0.29) is 23.0 Å². The van der Waals surface area contributed by atoms with E-state index in [0.717, 1.165) is 29.4 Å². The molecule has 1 saturated heterocycles. The van der Waals surface area contributed by atoms with Gasteiger partial charge in [0.15, 0.2) is 0 Å². The topological polar surface area (TPSA) is 54.3 Å². The molecule has 0 spiro atoms. The molecule has 0 bridgehead atoms. The Kier molecular flexibility index (Phi) is 5.15. The molecule has 1 aliphatic heterocycles. The van der Waals surface area contributed by atoms with Crippen LogP contribution in [-0.4, -0.2) is 23.0 Å². The van der Waals surface area contributed by atoms with Crippen molar-refractivity contribution in [1.82, 2.24) is 10.6 Å². The number of benzene rings is 1. The van der Waals surface area contributed by atoms with Crippen molar-refractivity contribution >= 4 is 16.9 Å². The van der Waals surface area contributed by atoms with Crippen molar-refractivity contribution in [3.05, 3.63) is 35.1 Å². The average Bonchev–Trinajstić information content (AvgIpc) is 2.84. The van der Waals surface area contributed by atoms with E-state index >= 15 is 0 Å². The third-order valence-electron chi connectivity index (χ3n) is 5.57. The van der Waals surface area contributed by atoms with Crippen LogP contribution in [0.25, 0.3) is 11.0 Å². The van der Waals surface area contributed by atoms with Crippen LogP contribution in [0.15, 0.2) is 22.8 Å². The molecule has 1 aliphatic rings. The van der Waals surface area contributed by atoms with Crippen molar-refractivity contribution in [1.29, 1.82) is 0 Å². The number of piperidine rings is 1. The first kappa shape index (κ1) is 19.9. The lowest BCUT2D eigenvalue weighted by molar-refractivity contribution is -0.121. The summed E-state index contributed by atoms with van der Waals surface area (Å²) in [6, 6.07) is 4.47. The van der Waals surface area contributed by atoms with E-state index in [2.05, 4.69) is 71.2 Å². The van der Waals surface area contributed by atoms with Gasteiger partial charge in [-0.1, -0.05) is 13.8 Å². The molecule has 2 heterocycles. The van der Waals surface area contributed by atoms with Gasteiger partial charge in [0.25, 0.3) is 0 Å². The van der Waals surface area contributed by atoms with Gasteiger partial charge < -0.3 is 15.1 Å². The fourth-order valence-electron chi connectivity index (χ4n) is 4.88. The number of carbonyl (C=O) groups is 1. The molecule has 2 aromatic rings. The number of carbonyl (C=O) groups excluding carboxylic acids is 1. The molecule has 3 rings (SSSR count). The summed E-state index contributed by atoms with van der Waals surface area (Å²) in [5.41, 5.74) is 4.42. The van der Waals surface area contributed by atoms with Gasteiger partial charge in [0, 0.05) is 28.1 Å². The fraction of sp³-hybridized carbons (Fsp3) is 0.609. The molecular weight excluding hydrogens is 336 g/mol. The third kappa shape index (κ3) is 4.55. The Morgan fingerprint density at radius 2 is 1.85 bits per heavy atom. The number of hydrogen-bond donors (Lipinski definition) is 2. The second-order valence-corrected chi connectivity index (χ2v) is 9.86. The van der Waals surface area contributed by atoms with E-state index in [1.807, 2.05) is 0 Å². The van der Waals surface area contributed by atoms with Gasteiger partial charge in [-0.2, -0.15) is 0 Å². The Balaban J connectivity index is 1.75. The van der Waals surface area contributed by atoms with Crippen LogP contribution < -0.4 is 10.6 Å². The van der Waals surface area contributed by atoms with Crippen molar-refractivity contribution in [2.75, 3.05) is 0 Å². The molecule has 1 aromatic carbocycles. The maximum Gasteiger partial charge on any atom is 0.224 e. The molecule has 0 unspecified atom stereocenters. The number of fused-ring (bicyclic) bond motifs is 1. The maximum atomic E-state index is 12.8. The van der Waals surface area contributed by atoms with Crippen LogP contribution in [-0.2, 0) is 11.2 Å². The Morgan fingerprint density at radius 3 is 2.44 bits per heavy atom. The zero-order chi connectivity index (χ0) is 20.0. The first-order valence-corrected chi connectivity index (χ1v) is 10.1. The molecule has 4 nitrogen and oxygen atoms in total.